The highest BCUT2D eigenvalue weighted by Gasteiger charge is 2.09. The Balaban J connectivity index is 1.69. The van der Waals surface area contributed by atoms with Crippen molar-refractivity contribution >= 4 is 11.3 Å². The Kier molecular flexibility index (Phi) is 3.95. The van der Waals surface area contributed by atoms with Crippen LogP contribution >= 0.6 is 11.3 Å². The molecule has 0 saturated heterocycles. The third-order valence-electron chi connectivity index (χ3n) is 3.44. The van der Waals surface area contributed by atoms with Gasteiger partial charge in [0.1, 0.15) is 0 Å². The van der Waals surface area contributed by atoms with Crippen molar-refractivity contribution in [2.24, 2.45) is 5.73 Å². The molecule has 0 aliphatic carbocycles. The molecule has 0 saturated carbocycles. The predicted octanol–water partition coefficient (Wildman–Crippen LogP) is 3.70. The van der Waals surface area contributed by atoms with Crippen LogP contribution in [0.1, 0.15) is 18.0 Å². The smallest absolute Gasteiger partial charge is 0.0950 e. The van der Waals surface area contributed by atoms with Crippen LogP contribution in [0.4, 0.5) is 0 Å². The number of nitrogens with two attached hydrogens (primary N) is 1. The maximum Gasteiger partial charge on any atom is 0.0950 e. The minimum atomic E-state index is 0.0638. The fourth-order valence-corrected chi connectivity index (χ4v) is 2.94. The summed E-state index contributed by atoms with van der Waals surface area (Å²) in [5.41, 5.74) is 9.82. The molecule has 0 aliphatic rings. The van der Waals surface area contributed by atoms with Crippen molar-refractivity contribution in [1.29, 1.82) is 0 Å². The van der Waals surface area contributed by atoms with E-state index in [2.05, 4.69) is 38.5 Å². The number of nitrogens with zero attached hydrogens (tertiary/aromatic N) is 2. The van der Waals surface area contributed by atoms with Crippen LogP contribution < -0.4 is 5.73 Å². The molecule has 1 unspecified atom stereocenters. The Morgan fingerprint density at radius 2 is 2.05 bits per heavy atom. The summed E-state index contributed by atoms with van der Waals surface area (Å²) in [4.78, 5) is 4.26. The van der Waals surface area contributed by atoms with Crippen LogP contribution in [0.25, 0.3) is 11.3 Å². The molecule has 2 heterocycles. The van der Waals surface area contributed by atoms with Crippen LogP contribution in [-0.4, -0.2) is 9.55 Å². The SMILES string of the molecule is NC(CCn1cncc1-c1ccsc1)c1ccccc1. The molecular weight excluding hydrogens is 266 g/mol. The fourth-order valence-electron chi connectivity index (χ4n) is 2.29. The molecule has 0 aliphatic heterocycles. The summed E-state index contributed by atoms with van der Waals surface area (Å²) < 4.78 is 2.17. The molecule has 1 atom stereocenters. The van der Waals surface area contributed by atoms with Gasteiger partial charge < -0.3 is 10.3 Å². The summed E-state index contributed by atoms with van der Waals surface area (Å²) in [6, 6.07) is 12.4. The number of benzene rings is 1. The number of rotatable bonds is 5. The van der Waals surface area contributed by atoms with Crippen LogP contribution in [-0.2, 0) is 6.54 Å². The average Bonchev–Trinajstić information content (AvgIpc) is 3.16. The largest absolute Gasteiger partial charge is 0.331 e. The van der Waals surface area contributed by atoms with Crippen molar-refractivity contribution in [3.05, 3.63) is 65.2 Å². The molecule has 0 spiro atoms. The lowest BCUT2D eigenvalue weighted by atomic mass is 10.0. The topological polar surface area (TPSA) is 43.8 Å². The summed E-state index contributed by atoms with van der Waals surface area (Å²) >= 11 is 1.70. The van der Waals surface area contributed by atoms with Crippen LogP contribution in [0.2, 0.25) is 0 Å². The number of hydrogen-bond donors (Lipinski definition) is 1. The minimum absolute atomic E-state index is 0.0638. The first-order valence-corrected chi connectivity index (χ1v) is 7.62. The summed E-state index contributed by atoms with van der Waals surface area (Å²) in [6.45, 7) is 0.876. The van der Waals surface area contributed by atoms with Crippen molar-refractivity contribution in [3.63, 3.8) is 0 Å². The summed E-state index contributed by atoms with van der Waals surface area (Å²) in [6.07, 6.45) is 4.69. The Bertz CT molecular complexity index is 643. The van der Waals surface area contributed by atoms with Gasteiger partial charge in [-0.3, -0.25) is 0 Å². The van der Waals surface area contributed by atoms with E-state index in [1.165, 1.54) is 11.1 Å². The second kappa shape index (κ2) is 6.03. The van der Waals surface area contributed by atoms with E-state index in [-0.39, 0.29) is 6.04 Å². The molecule has 0 fully saturated rings. The fraction of sp³-hybridized carbons (Fsp3) is 0.188. The van der Waals surface area contributed by atoms with Gasteiger partial charge >= 0.3 is 0 Å². The Morgan fingerprint density at radius 3 is 2.80 bits per heavy atom. The molecule has 0 amide bonds. The van der Waals surface area contributed by atoms with Crippen molar-refractivity contribution in [1.82, 2.24) is 9.55 Å². The molecule has 0 radical (unpaired) electrons. The van der Waals surface area contributed by atoms with E-state index in [1.807, 2.05) is 30.7 Å². The van der Waals surface area contributed by atoms with Crippen LogP contribution in [0.3, 0.4) is 0 Å². The number of hydrogen-bond acceptors (Lipinski definition) is 3. The Morgan fingerprint density at radius 1 is 1.20 bits per heavy atom. The van der Waals surface area contributed by atoms with Gasteiger partial charge in [0, 0.05) is 23.5 Å². The highest BCUT2D eigenvalue weighted by molar-refractivity contribution is 7.08. The molecule has 3 rings (SSSR count). The molecule has 3 nitrogen and oxygen atoms in total. The van der Waals surface area contributed by atoms with Crippen molar-refractivity contribution in [3.8, 4) is 11.3 Å². The first kappa shape index (κ1) is 13.1. The van der Waals surface area contributed by atoms with E-state index in [1.54, 1.807) is 11.3 Å². The van der Waals surface area contributed by atoms with Crippen molar-refractivity contribution in [2.45, 2.75) is 19.0 Å². The van der Waals surface area contributed by atoms with Gasteiger partial charge in [-0.2, -0.15) is 11.3 Å². The first-order chi connectivity index (χ1) is 9.84. The van der Waals surface area contributed by atoms with Gasteiger partial charge in [0.25, 0.3) is 0 Å². The molecule has 3 aromatic rings. The van der Waals surface area contributed by atoms with Gasteiger partial charge in [0.2, 0.25) is 0 Å². The second-order valence-corrected chi connectivity index (χ2v) is 5.57. The van der Waals surface area contributed by atoms with E-state index in [9.17, 15) is 0 Å². The Hall–Kier alpha value is -1.91. The van der Waals surface area contributed by atoms with Crippen molar-refractivity contribution < 1.29 is 0 Å². The monoisotopic (exact) mass is 283 g/mol. The number of aryl methyl sites for hydroxylation is 1. The molecular formula is C16H17N3S. The second-order valence-electron chi connectivity index (χ2n) is 4.79. The molecule has 0 bridgehead atoms. The summed E-state index contributed by atoms with van der Waals surface area (Å²) in [5.74, 6) is 0. The van der Waals surface area contributed by atoms with Crippen LogP contribution in [0.5, 0.6) is 0 Å². The van der Waals surface area contributed by atoms with Gasteiger partial charge in [0.15, 0.2) is 0 Å². The lowest BCUT2D eigenvalue weighted by Gasteiger charge is -2.13. The van der Waals surface area contributed by atoms with Gasteiger partial charge in [-0.25, -0.2) is 4.98 Å². The molecule has 2 N–H and O–H groups in total. The van der Waals surface area contributed by atoms with E-state index in [4.69, 9.17) is 5.73 Å². The lowest BCUT2D eigenvalue weighted by molar-refractivity contribution is 0.563. The molecule has 2 aromatic heterocycles. The standard InChI is InChI=1S/C16H17N3S/c17-15(13-4-2-1-3-5-13)6-8-19-12-18-10-16(19)14-7-9-20-11-14/h1-5,7,9-12,15H,6,8,17H2. The Labute approximate surface area is 122 Å². The van der Waals surface area contributed by atoms with Gasteiger partial charge in [0.05, 0.1) is 18.2 Å². The third-order valence-corrected chi connectivity index (χ3v) is 4.12. The molecule has 20 heavy (non-hydrogen) atoms. The molecule has 102 valence electrons. The zero-order valence-corrected chi connectivity index (χ0v) is 12.0. The van der Waals surface area contributed by atoms with E-state index in [0.717, 1.165) is 18.7 Å². The lowest BCUT2D eigenvalue weighted by Crippen LogP contribution is -2.13. The average molecular weight is 283 g/mol. The maximum atomic E-state index is 6.25. The quantitative estimate of drug-likeness (QED) is 0.776. The normalized spacial score (nSPS) is 12.4. The first-order valence-electron chi connectivity index (χ1n) is 6.68. The van der Waals surface area contributed by atoms with Gasteiger partial charge in [-0.05, 0) is 23.4 Å². The zero-order valence-electron chi connectivity index (χ0n) is 11.1. The third kappa shape index (κ3) is 2.81. The maximum absolute atomic E-state index is 6.25. The number of aromatic nitrogens is 2. The number of imidazole rings is 1. The van der Waals surface area contributed by atoms with Crippen molar-refractivity contribution in [2.75, 3.05) is 0 Å². The summed E-state index contributed by atoms with van der Waals surface area (Å²) in [7, 11) is 0. The van der Waals surface area contributed by atoms with E-state index < -0.39 is 0 Å². The number of thiophene rings is 1. The van der Waals surface area contributed by atoms with E-state index >= 15 is 0 Å². The highest BCUT2D eigenvalue weighted by atomic mass is 32.1. The van der Waals surface area contributed by atoms with Gasteiger partial charge in [-0.1, -0.05) is 30.3 Å². The zero-order chi connectivity index (χ0) is 13.8. The van der Waals surface area contributed by atoms with E-state index in [0.29, 0.717) is 0 Å². The molecule has 4 heteroatoms. The van der Waals surface area contributed by atoms with Crippen LogP contribution in [0.15, 0.2) is 59.7 Å². The summed E-state index contributed by atoms with van der Waals surface area (Å²) in [5, 5.41) is 4.23. The predicted molar refractivity (Wildman–Crippen MR) is 83.5 cm³/mol. The highest BCUT2D eigenvalue weighted by Crippen LogP contribution is 2.23. The molecule has 1 aromatic carbocycles. The minimum Gasteiger partial charge on any atom is -0.331 e. The van der Waals surface area contributed by atoms with Gasteiger partial charge in [-0.15, -0.1) is 0 Å². The van der Waals surface area contributed by atoms with Crippen LogP contribution in [0, 0.1) is 0 Å².